The topological polar surface area (TPSA) is 112 Å². The number of hydrogen-bond donors (Lipinski definition) is 2. The lowest BCUT2D eigenvalue weighted by Crippen LogP contribution is -2.28. The minimum absolute atomic E-state index is 0.206. The van der Waals surface area contributed by atoms with Crippen molar-refractivity contribution in [2.45, 2.75) is 6.54 Å². The van der Waals surface area contributed by atoms with E-state index in [0.29, 0.717) is 28.7 Å². The van der Waals surface area contributed by atoms with Gasteiger partial charge in [-0.1, -0.05) is 6.07 Å². The van der Waals surface area contributed by atoms with Gasteiger partial charge in [0, 0.05) is 22.7 Å². The quantitative estimate of drug-likeness (QED) is 0.333. The average molecular weight is 505 g/mol. The first kappa shape index (κ1) is 24.7. The molecule has 0 fully saturated rings. The standard InChI is InChI=1S/C26H24N4O5S/c1-33-20-9-6-17(7-10-20)21-16-36-26(29-21)30-25(32)18-8-11-22(23(13-18)34-2)35-15-24(31)28-14-19-5-3-4-12-27-19/h3-13,16H,14-15H2,1-2H3,(H,28,31)(H,29,30,32). The van der Waals surface area contributed by atoms with Gasteiger partial charge in [0.15, 0.2) is 23.2 Å². The van der Waals surface area contributed by atoms with E-state index >= 15 is 0 Å². The number of carbonyl (C=O) groups is 2. The van der Waals surface area contributed by atoms with Crippen LogP contribution in [-0.2, 0) is 11.3 Å². The van der Waals surface area contributed by atoms with Crippen LogP contribution in [0.2, 0.25) is 0 Å². The van der Waals surface area contributed by atoms with Crippen molar-refractivity contribution in [3.8, 4) is 28.5 Å². The molecule has 2 amide bonds. The Bertz CT molecular complexity index is 1330. The average Bonchev–Trinajstić information content (AvgIpc) is 3.39. The second-order valence-electron chi connectivity index (χ2n) is 7.47. The normalized spacial score (nSPS) is 10.4. The van der Waals surface area contributed by atoms with E-state index < -0.39 is 0 Å². The molecule has 2 aromatic carbocycles. The number of benzene rings is 2. The van der Waals surface area contributed by atoms with E-state index in [-0.39, 0.29) is 18.4 Å². The zero-order valence-electron chi connectivity index (χ0n) is 19.7. The van der Waals surface area contributed by atoms with Gasteiger partial charge in [0.1, 0.15) is 5.75 Å². The molecule has 184 valence electrons. The molecule has 0 unspecified atom stereocenters. The lowest BCUT2D eigenvalue weighted by atomic mass is 10.2. The molecule has 2 aromatic heterocycles. The largest absolute Gasteiger partial charge is 0.497 e. The van der Waals surface area contributed by atoms with E-state index in [0.717, 1.165) is 22.7 Å². The summed E-state index contributed by atoms with van der Waals surface area (Å²) in [7, 11) is 3.08. The van der Waals surface area contributed by atoms with E-state index in [1.54, 1.807) is 37.6 Å². The van der Waals surface area contributed by atoms with Crippen LogP contribution in [0, 0.1) is 0 Å². The lowest BCUT2D eigenvalue weighted by Gasteiger charge is -2.12. The number of anilines is 1. The van der Waals surface area contributed by atoms with E-state index in [1.807, 2.05) is 41.8 Å². The number of rotatable bonds is 10. The summed E-state index contributed by atoms with van der Waals surface area (Å²) in [6, 6.07) is 17.7. The highest BCUT2D eigenvalue weighted by Gasteiger charge is 2.15. The Hall–Kier alpha value is -4.44. The second-order valence-corrected chi connectivity index (χ2v) is 8.33. The van der Waals surface area contributed by atoms with E-state index in [2.05, 4.69) is 20.6 Å². The zero-order valence-corrected chi connectivity index (χ0v) is 20.5. The van der Waals surface area contributed by atoms with Crippen LogP contribution in [-0.4, -0.2) is 42.6 Å². The van der Waals surface area contributed by atoms with Crippen molar-refractivity contribution >= 4 is 28.3 Å². The van der Waals surface area contributed by atoms with Gasteiger partial charge in [-0.15, -0.1) is 11.3 Å². The minimum atomic E-state index is -0.344. The SMILES string of the molecule is COc1ccc(-c2csc(NC(=O)c3ccc(OCC(=O)NCc4ccccn4)c(OC)c3)n2)cc1. The number of nitrogens with one attached hydrogen (secondary N) is 2. The van der Waals surface area contributed by atoms with Crippen molar-refractivity contribution in [3.63, 3.8) is 0 Å². The molecular formula is C26H24N4O5S. The van der Waals surface area contributed by atoms with Crippen molar-refractivity contribution in [3.05, 3.63) is 83.5 Å². The zero-order chi connectivity index (χ0) is 25.3. The van der Waals surface area contributed by atoms with Gasteiger partial charge < -0.3 is 19.5 Å². The van der Waals surface area contributed by atoms with Gasteiger partial charge in [-0.05, 0) is 54.6 Å². The summed E-state index contributed by atoms with van der Waals surface area (Å²) in [5, 5.41) is 7.88. The molecule has 0 aliphatic carbocycles. The molecule has 0 atom stereocenters. The number of amides is 2. The summed E-state index contributed by atoms with van der Waals surface area (Å²) in [5.41, 5.74) is 2.77. The number of ether oxygens (including phenoxy) is 3. The number of thiazole rings is 1. The molecular weight excluding hydrogens is 480 g/mol. The summed E-state index contributed by atoms with van der Waals surface area (Å²) >= 11 is 1.33. The van der Waals surface area contributed by atoms with E-state index in [4.69, 9.17) is 14.2 Å². The van der Waals surface area contributed by atoms with Crippen LogP contribution in [0.1, 0.15) is 16.1 Å². The molecule has 9 nitrogen and oxygen atoms in total. The van der Waals surface area contributed by atoms with Gasteiger partial charge in [-0.25, -0.2) is 4.98 Å². The Kier molecular flexibility index (Phi) is 8.09. The van der Waals surface area contributed by atoms with Gasteiger partial charge in [-0.2, -0.15) is 0 Å². The summed E-state index contributed by atoms with van der Waals surface area (Å²) < 4.78 is 16.1. The van der Waals surface area contributed by atoms with Crippen LogP contribution in [0.15, 0.2) is 72.2 Å². The fourth-order valence-corrected chi connectivity index (χ4v) is 3.92. The molecule has 2 N–H and O–H groups in total. The molecule has 0 saturated heterocycles. The summed E-state index contributed by atoms with van der Waals surface area (Å²) in [5.74, 6) is 0.787. The molecule has 2 heterocycles. The van der Waals surface area contributed by atoms with Crippen molar-refractivity contribution < 1.29 is 23.8 Å². The first-order valence-electron chi connectivity index (χ1n) is 10.9. The van der Waals surface area contributed by atoms with Crippen LogP contribution in [0.5, 0.6) is 17.2 Å². The number of aromatic nitrogens is 2. The molecule has 0 saturated carbocycles. The molecule has 36 heavy (non-hydrogen) atoms. The number of carbonyl (C=O) groups excluding carboxylic acids is 2. The molecule has 0 spiro atoms. The Labute approximate surface area is 212 Å². The number of hydrogen-bond acceptors (Lipinski definition) is 8. The Balaban J connectivity index is 1.34. The van der Waals surface area contributed by atoms with E-state index in [1.165, 1.54) is 18.4 Å². The van der Waals surface area contributed by atoms with Crippen molar-refractivity contribution in [2.75, 3.05) is 26.1 Å². The van der Waals surface area contributed by atoms with Crippen LogP contribution in [0.3, 0.4) is 0 Å². The van der Waals surface area contributed by atoms with Gasteiger partial charge in [0.05, 0.1) is 32.2 Å². The predicted octanol–water partition coefficient (Wildman–Crippen LogP) is 4.17. The highest BCUT2D eigenvalue weighted by molar-refractivity contribution is 7.14. The monoisotopic (exact) mass is 504 g/mol. The van der Waals surface area contributed by atoms with Gasteiger partial charge in [0.25, 0.3) is 11.8 Å². The molecule has 4 rings (SSSR count). The Morgan fingerprint density at radius 1 is 0.972 bits per heavy atom. The molecule has 0 radical (unpaired) electrons. The smallest absolute Gasteiger partial charge is 0.258 e. The Morgan fingerprint density at radius 2 is 1.81 bits per heavy atom. The second kappa shape index (κ2) is 11.8. The number of nitrogens with zero attached hydrogens (tertiary/aromatic N) is 2. The first-order chi connectivity index (χ1) is 17.6. The number of methoxy groups -OCH3 is 2. The third-order valence-corrected chi connectivity index (χ3v) is 5.85. The van der Waals surface area contributed by atoms with Crippen LogP contribution in [0.25, 0.3) is 11.3 Å². The molecule has 0 aliphatic heterocycles. The highest BCUT2D eigenvalue weighted by atomic mass is 32.1. The van der Waals surface area contributed by atoms with Crippen molar-refractivity contribution in [2.24, 2.45) is 0 Å². The fraction of sp³-hybridized carbons (Fsp3) is 0.154. The maximum Gasteiger partial charge on any atom is 0.258 e. The summed E-state index contributed by atoms with van der Waals surface area (Å²) in [6.45, 7) is 0.0954. The summed E-state index contributed by atoms with van der Waals surface area (Å²) in [4.78, 5) is 33.5. The minimum Gasteiger partial charge on any atom is -0.497 e. The lowest BCUT2D eigenvalue weighted by molar-refractivity contribution is -0.123. The molecule has 4 aromatic rings. The summed E-state index contributed by atoms with van der Waals surface area (Å²) in [6.07, 6.45) is 1.66. The predicted molar refractivity (Wildman–Crippen MR) is 137 cm³/mol. The first-order valence-corrected chi connectivity index (χ1v) is 11.8. The molecule has 10 heteroatoms. The van der Waals surface area contributed by atoms with Crippen LogP contribution >= 0.6 is 11.3 Å². The third-order valence-electron chi connectivity index (χ3n) is 5.09. The molecule has 0 aliphatic rings. The number of pyridine rings is 1. The van der Waals surface area contributed by atoms with Crippen LogP contribution in [0.4, 0.5) is 5.13 Å². The highest BCUT2D eigenvalue weighted by Crippen LogP contribution is 2.30. The molecule has 0 bridgehead atoms. The maximum absolute atomic E-state index is 12.8. The van der Waals surface area contributed by atoms with Gasteiger partial charge in [0.2, 0.25) is 0 Å². The van der Waals surface area contributed by atoms with Crippen molar-refractivity contribution in [1.82, 2.24) is 15.3 Å². The van der Waals surface area contributed by atoms with Gasteiger partial charge >= 0.3 is 0 Å². The Morgan fingerprint density at radius 3 is 2.53 bits per heavy atom. The van der Waals surface area contributed by atoms with Crippen molar-refractivity contribution in [1.29, 1.82) is 0 Å². The van der Waals surface area contributed by atoms with Gasteiger partial charge in [-0.3, -0.25) is 19.9 Å². The maximum atomic E-state index is 12.8. The van der Waals surface area contributed by atoms with Crippen LogP contribution < -0.4 is 24.8 Å². The fourth-order valence-electron chi connectivity index (χ4n) is 3.21. The van der Waals surface area contributed by atoms with E-state index in [9.17, 15) is 9.59 Å². The third kappa shape index (κ3) is 6.36.